The number of hydrogen-bond acceptors (Lipinski definition) is 6. The zero-order valence-corrected chi connectivity index (χ0v) is 20.5. The molecule has 2 aliphatic heterocycles. The van der Waals surface area contributed by atoms with Crippen molar-refractivity contribution >= 4 is 52.0 Å². The molecule has 0 saturated carbocycles. The summed E-state index contributed by atoms with van der Waals surface area (Å²) in [7, 11) is 0. The number of carbonyl (C=O) groups excluding carboxylic acids is 1. The van der Waals surface area contributed by atoms with Crippen LogP contribution >= 0.6 is 23.2 Å². The maximum atomic E-state index is 13.2. The van der Waals surface area contributed by atoms with Gasteiger partial charge in [0.15, 0.2) is 6.29 Å². The van der Waals surface area contributed by atoms with Gasteiger partial charge >= 0.3 is 6.18 Å². The Morgan fingerprint density at radius 3 is 2.53 bits per heavy atom. The van der Waals surface area contributed by atoms with E-state index in [2.05, 4.69) is 26.3 Å². The maximum Gasteiger partial charge on any atom is 0.417 e. The minimum Gasteiger partial charge on any atom is -0.486 e. The van der Waals surface area contributed by atoms with Crippen molar-refractivity contribution in [2.75, 3.05) is 21.3 Å². The van der Waals surface area contributed by atoms with Crippen molar-refractivity contribution in [3.63, 3.8) is 0 Å². The normalized spacial score (nSPS) is 17.4. The lowest BCUT2D eigenvalue weighted by molar-refractivity contribution is -0.137. The molecule has 5 rings (SSSR count). The van der Waals surface area contributed by atoms with E-state index in [1.807, 2.05) is 13.8 Å². The maximum absolute atomic E-state index is 13.2. The van der Waals surface area contributed by atoms with Gasteiger partial charge in [0.25, 0.3) is 5.91 Å². The number of para-hydroxylation sites is 1. The average Bonchev–Trinajstić information content (AvgIpc) is 3.34. The van der Waals surface area contributed by atoms with E-state index in [0.717, 1.165) is 23.4 Å². The van der Waals surface area contributed by atoms with Crippen molar-refractivity contribution in [3.05, 3.63) is 69.3 Å². The van der Waals surface area contributed by atoms with Crippen molar-refractivity contribution in [1.29, 1.82) is 0 Å². The lowest BCUT2D eigenvalue weighted by Crippen LogP contribution is -2.31. The van der Waals surface area contributed by atoms with Gasteiger partial charge in [-0.1, -0.05) is 29.3 Å². The molecule has 0 radical (unpaired) electrons. The van der Waals surface area contributed by atoms with Crippen LogP contribution in [0.4, 0.5) is 36.1 Å². The Morgan fingerprint density at radius 1 is 1.17 bits per heavy atom. The summed E-state index contributed by atoms with van der Waals surface area (Å²) < 4.78 is 44.6. The first-order chi connectivity index (χ1) is 16.9. The number of rotatable bonds is 4. The Hall–Kier alpha value is -3.37. The number of amides is 1. The van der Waals surface area contributed by atoms with Crippen LogP contribution in [0.1, 0.15) is 35.3 Å². The summed E-state index contributed by atoms with van der Waals surface area (Å²) in [4.78, 5) is 16.9. The van der Waals surface area contributed by atoms with Gasteiger partial charge in [-0.2, -0.15) is 13.2 Å². The molecule has 36 heavy (non-hydrogen) atoms. The predicted molar refractivity (Wildman–Crippen MR) is 133 cm³/mol. The van der Waals surface area contributed by atoms with E-state index in [9.17, 15) is 18.0 Å². The molecule has 0 spiro atoms. The highest BCUT2D eigenvalue weighted by Crippen LogP contribution is 2.48. The second kappa shape index (κ2) is 8.63. The topological polar surface area (TPSA) is 87.3 Å². The van der Waals surface area contributed by atoms with Crippen LogP contribution in [0.2, 0.25) is 10.0 Å². The molecule has 7 nitrogen and oxygen atoms in total. The molecule has 1 amide bonds. The molecule has 0 saturated heterocycles. The number of hydrogen-bond donors (Lipinski definition) is 4. The van der Waals surface area contributed by atoms with Crippen LogP contribution < -0.4 is 26.0 Å². The minimum absolute atomic E-state index is 0.0153. The van der Waals surface area contributed by atoms with Crippen LogP contribution in [0.15, 0.2) is 42.6 Å². The molecule has 12 heteroatoms. The lowest BCUT2D eigenvalue weighted by Gasteiger charge is -2.19. The minimum atomic E-state index is -4.52. The number of fused-ring (bicyclic) bond motifs is 3. The summed E-state index contributed by atoms with van der Waals surface area (Å²) in [6, 6.07) is 8.75. The Labute approximate surface area is 214 Å². The molecule has 2 aromatic carbocycles. The monoisotopic (exact) mass is 537 g/mol. The molecular weight excluding hydrogens is 518 g/mol. The first kappa shape index (κ1) is 24.3. The van der Waals surface area contributed by atoms with Gasteiger partial charge in [0.05, 0.1) is 38.2 Å². The third kappa shape index (κ3) is 4.58. The number of halogens is 5. The van der Waals surface area contributed by atoms with Crippen molar-refractivity contribution in [1.82, 2.24) is 4.98 Å². The summed E-state index contributed by atoms with van der Waals surface area (Å²) in [6.45, 7) is 3.81. The van der Waals surface area contributed by atoms with E-state index in [1.165, 1.54) is 0 Å². The van der Waals surface area contributed by atoms with E-state index in [0.29, 0.717) is 39.8 Å². The van der Waals surface area contributed by atoms with Gasteiger partial charge in [0, 0.05) is 18.2 Å². The highest BCUT2D eigenvalue weighted by Gasteiger charge is 2.39. The van der Waals surface area contributed by atoms with E-state index in [-0.39, 0.29) is 11.4 Å². The van der Waals surface area contributed by atoms with E-state index in [4.69, 9.17) is 27.9 Å². The zero-order valence-electron chi connectivity index (χ0n) is 19.0. The van der Waals surface area contributed by atoms with Gasteiger partial charge in [-0.25, -0.2) is 4.98 Å². The van der Waals surface area contributed by atoms with E-state index < -0.39 is 29.5 Å². The Bertz CT molecular complexity index is 1340. The molecule has 0 bridgehead atoms. The highest BCUT2D eigenvalue weighted by molar-refractivity contribution is 6.39. The second-order valence-corrected chi connectivity index (χ2v) is 9.85. The third-order valence-electron chi connectivity index (χ3n) is 5.78. The fourth-order valence-electron chi connectivity index (χ4n) is 4.20. The molecule has 0 fully saturated rings. The van der Waals surface area contributed by atoms with Crippen LogP contribution in [-0.2, 0) is 12.6 Å². The number of carbonyl (C=O) groups is 1. The predicted octanol–water partition coefficient (Wildman–Crippen LogP) is 6.61. The number of anilines is 4. The number of benzene rings is 2. The number of nitrogens with zero attached hydrogens (tertiary/aromatic N) is 1. The fourth-order valence-corrected chi connectivity index (χ4v) is 4.71. The molecule has 1 unspecified atom stereocenters. The quantitative estimate of drug-likeness (QED) is 0.299. The average molecular weight is 538 g/mol. The van der Waals surface area contributed by atoms with Gasteiger partial charge in [-0.15, -0.1) is 0 Å². The highest BCUT2D eigenvalue weighted by atomic mass is 35.5. The summed E-state index contributed by atoms with van der Waals surface area (Å²) in [5.74, 6) is -0.182. The smallest absolute Gasteiger partial charge is 0.417 e. The van der Waals surface area contributed by atoms with Crippen LogP contribution in [0, 0.1) is 0 Å². The lowest BCUT2D eigenvalue weighted by atomic mass is 9.97. The van der Waals surface area contributed by atoms with Crippen molar-refractivity contribution in [2.24, 2.45) is 0 Å². The van der Waals surface area contributed by atoms with Crippen molar-refractivity contribution in [3.8, 4) is 5.75 Å². The number of ether oxygens (including phenoxy) is 1. The number of nitrogens with one attached hydrogen (secondary N) is 4. The molecule has 3 heterocycles. The first-order valence-corrected chi connectivity index (χ1v) is 11.6. The number of pyridine rings is 1. The molecule has 3 aromatic rings. The summed E-state index contributed by atoms with van der Waals surface area (Å²) in [5.41, 5.74) is 1.49. The largest absolute Gasteiger partial charge is 0.486 e. The molecule has 0 aliphatic carbocycles. The summed E-state index contributed by atoms with van der Waals surface area (Å²) in [6.07, 6.45) is -3.81. The van der Waals surface area contributed by atoms with Crippen LogP contribution in [0.25, 0.3) is 0 Å². The van der Waals surface area contributed by atoms with Crippen LogP contribution in [0.3, 0.4) is 0 Å². The van der Waals surface area contributed by atoms with Gasteiger partial charge < -0.3 is 26.0 Å². The third-order valence-corrected chi connectivity index (χ3v) is 6.41. The number of aromatic nitrogens is 1. The summed E-state index contributed by atoms with van der Waals surface area (Å²) in [5, 5.41) is 13.3. The molecule has 1 aromatic heterocycles. The Kier molecular flexibility index (Phi) is 5.83. The van der Waals surface area contributed by atoms with E-state index >= 15 is 0 Å². The molecule has 2 aliphatic rings. The second-order valence-electron chi connectivity index (χ2n) is 9.04. The standard InChI is InChI=1S/C24H20Cl2F3N5O2/c1-23(2)9-13-18-16(31-22(33-18)34-19-14(25)4-3-5-15(19)26)8-12(20(13)36-23)21(35)32-17-7-6-11(10-30-17)24(27,28)29/h3-8,10,22,31,33-34H,9H2,1-2H3,(H,30,32,35). The van der Waals surface area contributed by atoms with Gasteiger partial charge in [-0.05, 0) is 44.2 Å². The molecular formula is C24H20Cl2F3N5O2. The van der Waals surface area contributed by atoms with Crippen molar-refractivity contribution in [2.45, 2.75) is 38.3 Å². The summed E-state index contributed by atoms with van der Waals surface area (Å²) >= 11 is 12.6. The van der Waals surface area contributed by atoms with Gasteiger partial charge in [0.1, 0.15) is 17.2 Å². The Balaban J connectivity index is 1.43. The van der Waals surface area contributed by atoms with Gasteiger partial charge in [0.2, 0.25) is 0 Å². The first-order valence-electron chi connectivity index (χ1n) is 10.9. The van der Waals surface area contributed by atoms with E-state index in [1.54, 1.807) is 24.3 Å². The Morgan fingerprint density at radius 2 is 1.89 bits per heavy atom. The molecule has 188 valence electrons. The van der Waals surface area contributed by atoms with Gasteiger partial charge in [-0.3, -0.25) is 4.79 Å². The number of alkyl halides is 3. The fraction of sp³-hybridized carbons (Fsp3) is 0.250. The SMILES string of the molecule is CC1(C)Cc2c3c(cc(C(=O)Nc4ccc(C(F)(F)F)cn4)c2O1)NC(Nc1c(Cl)cccc1Cl)N3. The van der Waals surface area contributed by atoms with Crippen LogP contribution in [0.5, 0.6) is 5.75 Å². The molecule has 4 N–H and O–H groups in total. The van der Waals surface area contributed by atoms with Crippen LogP contribution in [-0.4, -0.2) is 22.8 Å². The van der Waals surface area contributed by atoms with Crippen molar-refractivity contribution < 1.29 is 22.7 Å². The zero-order chi connectivity index (χ0) is 25.8. The molecule has 1 atom stereocenters.